The Bertz CT molecular complexity index is 558. The fourth-order valence-electron chi connectivity index (χ4n) is 2.79. The minimum absolute atomic E-state index is 0.102. The predicted molar refractivity (Wildman–Crippen MR) is 90.0 cm³/mol. The van der Waals surface area contributed by atoms with Crippen molar-refractivity contribution >= 4 is 11.6 Å². The Morgan fingerprint density at radius 1 is 1.36 bits per heavy atom. The number of likely N-dealkylation sites (N-methyl/N-ethyl adjacent to an activating group) is 1. The summed E-state index contributed by atoms with van der Waals surface area (Å²) in [5.74, 6) is 0.102. The minimum Gasteiger partial charge on any atom is -0.388 e. The molecule has 1 aliphatic heterocycles. The van der Waals surface area contributed by atoms with Crippen molar-refractivity contribution in [1.29, 1.82) is 0 Å². The number of nitrogens with zero attached hydrogens (tertiary/aromatic N) is 2. The summed E-state index contributed by atoms with van der Waals surface area (Å²) in [6, 6.07) is 5.78. The van der Waals surface area contributed by atoms with Crippen molar-refractivity contribution in [2.45, 2.75) is 18.9 Å². The number of carbonyl (C=O) groups is 1. The average molecular weight is 300 g/mol. The molecule has 1 N–H and O–H groups in total. The van der Waals surface area contributed by atoms with E-state index in [1.165, 1.54) is 0 Å². The van der Waals surface area contributed by atoms with Gasteiger partial charge in [0.1, 0.15) is 0 Å². The molecule has 0 bridgehead atoms. The number of fused-ring (bicyclic) bond motifs is 1. The van der Waals surface area contributed by atoms with Crippen molar-refractivity contribution in [2.24, 2.45) is 0 Å². The molecular weight excluding hydrogens is 276 g/mol. The van der Waals surface area contributed by atoms with E-state index in [1.54, 1.807) is 11.9 Å². The van der Waals surface area contributed by atoms with E-state index in [0.29, 0.717) is 12.8 Å². The van der Waals surface area contributed by atoms with Gasteiger partial charge in [0, 0.05) is 32.4 Å². The zero-order chi connectivity index (χ0) is 16.1. The highest BCUT2D eigenvalue weighted by Crippen LogP contribution is 2.30. The van der Waals surface area contributed by atoms with Gasteiger partial charge in [-0.15, -0.1) is 13.2 Å². The van der Waals surface area contributed by atoms with Crippen molar-refractivity contribution in [1.82, 2.24) is 4.90 Å². The lowest BCUT2D eigenvalue weighted by Crippen LogP contribution is -2.26. The number of amides is 1. The van der Waals surface area contributed by atoms with E-state index in [0.717, 1.165) is 36.4 Å². The molecular formula is C18H24N2O2. The normalized spacial score (nSPS) is 15.0. The van der Waals surface area contributed by atoms with Crippen molar-refractivity contribution < 1.29 is 9.90 Å². The van der Waals surface area contributed by atoms with E-state index in [-0.39, 0.29) is 5.91 Å². The third-order valence-corrected chi connectivity index (χ3v) is 4.06. The first kappa shape index (κ1) is 16.5. The molecule has 1 aromatic rings. The number of anilines is 1. The Hall–Kier alpha value is -1.91. The highest BCUT2D eigenvalue weighted by atomic mass is 16.3. The SMILES string of the molecule is C=CCN(CC=C)CCC(O)c1ccc2c(c1)CC(=O)N2C. The lowest BCUT2D eigenvalue weighted by Gasteiger charge is -2.21. The van der Waals surface area contributed by atoms with Crippen LogP contribution in [0.5, 0.6) is 0 Å². The molecule has 2 rings (SSSR count). The molecule has 1 amide bonds. The van der Waals surface area contributed by atoms with Crippen LogP contribution < -0.4 is 4.90 Å². The van der Waals surface area contributed by atoms with Gasteiger partial charge in [0.25, 0.3) is 0 Å². The zero-order valence-electron chi connectivity index (χ0n) is 13.2. The van der Waals surface area contributed by atoms with Gasteiger partial charge in [-0.05, 0) is 23.6 Å². The van der Waals surface area contributed by atoms with Crippen LogP contribution in [0.2, 0.25) is 0 Å². The van der Waals surface area contributed by atoms with Crippen LogP contribution in [-0.2, 0) is 11.2 Å². The molecule has 0 saturated carbocycles. The number of hydrogen-bond donors (Lipinski definition) is 1. The van der Waals surface area contributed by atoms with Gasteiger partial charge in [-0.3, -0.25) is 9.69 Å². The molecule has 4 heteroatoms. The third kappa shape index (κ3) is 3.64. The number of aliphatic hydroxyl groups excluding tert-OH is 1. The molecule has 1 aliphatic rings. The van der Waals surface area contributed by atoms with E-state index in [2.05, 4.69) is 18.1 Å². The van der Waals surface area contributed by atoms with Crippen molar-refractivity contribution in [3.8, 4) is 0 Å². The molecule has 1 aromatic carbocycles. The van der Waals surface area contributed by atoms with Crippen LogP contribution in [0, 0.1) is 0 Å². The van der Waals surface area contributed by atoms with Crippen LogP contribution in [0.1, 0.15) is 23.7 Å². The van der Waals surface area contributed by atoms with Crippen LogP contribution in [0.25, 0.3) is 0 Å². The molecule has 0 radical (unpaired) electrons. The maximum absolute atomic E-state index is 11.7. The van der Waals surface area contributed by atoms with E-state index in [1.807, 2.05) is 30.4 Å². The summed E-state index contributed by atoms with van der Waals surface area (Å²) < 4.78 is 0. The van der Waals surface area contributed by atoms with E-state index in [9.17, 15) is 9.90 Å². The topological polar surface area (TPSA) is 43.8 Å². The second kappa shape index (κ2) is 7.38. The van der Waals surface area contributed by atoms with Gasteiger partial charge in [0.15, 0.2) is 0 Å². The largest absolute Gasteiger partial charge is 0.388 e. The Labute approximate surface area is 132 Å². The molecule has 0 spiro atoms. The summed E-state index contributed by atoms with van der Waals surface area (Å²) in [4.78, 5) is 15.6. The number of aliphatic hydroxyl groups is 1. The molecule has 118 valence electrons. The highest BCUT2D eigenvalue weighted by molar-refractivity contribution is 6.00. The fraction of sp³-hybridized carbons (Fsp3) is 0.389. The Kier molecular flexibility index (Phi) is 5.52. The van der Waals surface area contributed by atoms with Crippen LogP contribution in [0.15, 0.2) is 43.5 Å². The maximum Gasteiger partial charge on any atom is 0.231 e. The van der Waals surface area contributed by atoms with Gasteiger partial charge >= 0.3 is 0 Å². The van der Waals surface area contributed by atoms with Crippen LogP contribution in [-0.4, -0.2) is 42.6 Å². The van der Waals surface area contributed by atoms with Crippen LogP contribution in [0.3, 0.4) is 0 Å². The second-order valence-electron chi connectivity index (χ2n) is 5.66. The van der Waals surface area contributed by atoms with Crippen molar-refractivity contribution in [2.75, 3.05) is 31.6 Å². The molecule has 0 aliphatic carbocycles. The number of carbonyl (C=O) groups excluding carboxylic acids is 1. The first-order valence-corrected chi connectivity index (χ1v) is 7.58. The molecule has 0 saturated heterocycles. The maximum atomic E-state index is 11.7. The number of hydrogen-bond acceptors (Lipinski definition) is 3. The van der Waals surface area contributed by atoms with E-state index < -0.39 is 6.10 Å². The van der Waals surface area contributed by atoms with E-state index in [4.69, 9.17) is 0 Å². The molecule has 0 aromatic heterocycles. The van der Waals surface area contributed by atoms with E-state index >= 15 is 0 Å². The first-order valence-electron chi connectivity index (χ1n) is 7.58. The Morgan fingerprint density at radius 3 is 2.68 bits per heavy atom. The molecule has 22 heavy (non-hydrogen) atoms. The third-order valence-electron chi connectivity index (χ3n) is 4.06. The number of benzene rings is 1. The van der Waals surface area contributed by atoms with Crippen LogP contribution in [0.4, 0.5) is 5.69 Å². The predicted octanol–water partition coefficient (Wildman–Crippen LogP) is 2.30. The summed E-state index contributed by atoms with van der Waals surface area (Å²) in [5.41, 5.74) is 2.82. The second-order valence-corrected chi connectivity index (χ2v) is 5.66. The number of rotatable bonds is 8. The Balaban J connectivity index is 2.00. The van der Waals surface area contributed by atoms with Gasteiger partial charge in [-0.2, -0.15) is 0 Å². The quantitative estimate of drug-likeness (QED) is 0.749. The van der Waals surface area contributed by atoms with Crippen LogP contribution >= 0.6 is 0 Å². The van der Waals surface area contributed by atoms with Crippen molar-refractivity contribution in [3.05, 3.63) is 54.6 Å². The van der Waals surface area contributed by atoms with Gasteiger partial charge in [-0.1, -0.05) is 24.3 Å². The molecule has 1 heterocycles. The van der Waals surface area contributed by atoms with Crippen molar-refractivity contribution in [3.63, 3.8) is 0 Å². The first-order chi connectivity index (χ1) is 10.6. The van der Waals surface area contributed by atoms with Gasteiger partial charge in [0.05, 0.1) is 12.5 Å². The fourth-order valence-corrected chi connectivity index (χ4v) is 2.79. The summed E-state index contributed by atoms with van der Waals surface area (Å²) in [6.45, 7) is 9.83. The molecule has 1 atom stereocenters. The molecule has 1 unspecified atom stereocenters. The summed E-state index contributed by atoms with van der Waals surface area (Å²) in [6.07, 6.45) is 4.25. The molecule has 4 nitrogen and oxygen atoms in total. The monoisotopic (exact) mass is 300 g/mol. The Morgan fingerprint density at radius 2 is 2.05 bits per heavy atom. The standard InChI is InChI=1S/C18H24N2O2/c1-4-9-20(10-5-2)11-8-17(21)14-6-7-16-15(12-14)13-18(22)19(16)3/h4-7,12,17,21H,1-2,8-11,13H2,3H3. The zero-order valence-corrected chi connectivity index (χ0v) is 13.2. The lowest BCUT2D eigenvalue weighted by molar-refractivity contribution is -0.117. The average Bonchev–Trinajstić information content (AvgIpc) is 2.79. The van der Waals surface area contributed by atoms with Gasteiger partial charge in [-0.25, -0.2) is 0 Å². The lowest BCUT2D eigenvalue weighted by atomic mass is 10.0. The van der Waals surface area contributed by atoms with Gasteiger partial charge in [0.2, 0.25) is 5.91 Å². The minimum atomic E-state index is -0.525. The summed E-state index contributed by atoms with van der Waals surface area (Å²) >= 11 is 0. The summed E-state index contributed by atoms with van der Waals surface area (Å²) in [5, 5.41) is 10.4. The summed E-state index contributed by atoms with van der Waals surface area (Å²) in [7, 11) is 1.78. The smallest absolute Gasteiger partial charge is 0.231 e. The highest BCUT2D eigenvalue weighted by Gasteiger charge is 2.24. The molecule has 0 fully saturated rings. The van der Waals surface area contributed by atoms with Gasteiger partial charge < -0.3 is 10.0 Å².